The number of hydrogen-bond donors (Lipinski definition) is 2. The lowest BCUT2D eigenvalue weighted by Gasteiger charge is -2.11. The van der Waals surface area contributed by atoms with Gasteiger partial charge in [0.05, 0.1) is 11.1 Å². The highest BCUT2D eigenvalue weighted by atomic mass is 79.9. The van der Waals surface area contributed by atoms with Crippen molar-refractivity contribution in [1.82, 2.24) is 10.9 Å². The van der Waals surface area contributed by atoms with E-state index in [2.05, 4.69) is 26.8 Å². The quantitative estimate of drug-likeness (QED) is 0.218. The second-order valence-electron chi connectivity index (χ2n) is 7.65. The van der Waals surface area contributed by atoms with Crippen molar-refractivity contribution in [3.63, 3.8) is 0 Å². The molecule has 0 fully saturated rings. The largest absolute Gasteiger partial charge is 0.483 e. The Labute approximate surface area is 206 Å². The molecule has 3 rings (SSSR count). The van der Waals surface area contributed by atoms with Crippen LogP contribution < -0.4 is 15.6 Å². The Morgan fingerprint density at radius 2 is 1.53 bits per heavy atom. The number of fused-ring (bicyclic) bond motifs is 1. The number of hydrazine groups is 1. The second kappa shape index (κ2) is 13.3. The molecular formula is C26H27BrN2O5. The van der Waals surface area contributed by atoms with Gasteiger partial charge in [-0.1, -0.05) is 60.7 Å². The Morgan fingerprint density at radius 1 is 0.794 bits per heavy atom. The summed E-state index contributed by atoms with van der Waals surface area (Å²) in [5.74, 6) is -0.690. The van der Waals surface area contributed by atoms with Crippen LogP contribution in [0, 0.1) is 0 Å². The van der Waals surface area contributed by atoms with Gasteiger partial charge in [-0.15, -0.1) is 0 Å². The number of hydrogen-bond acceptors (Lipinski definition) is 5. The summed E-state index contributed by atoms with van der Waals surface area (Å²) >= 11 is 3.50. The molecule has 0 radical (unpaired) electrons. The maximum atomic E-state index is 12.0. The maximum absolute atomic E-state index is 12.0. The van der Waals surface area contributed by atoms with Crippen molar-refractivity contribution in [2.24, 2.45) is 0 Å². The minimum absolute atomic E-state index is 0.0937. The van der Waals surface area contributed by atoms with Crippen LogP contribution in [0.4, 0.5) is 0 Å². The third kappa shape index (κ3) is 8.19. The van der Waals surface area contributed by atoms with Crippen LogP contribution in [0.3, 0.4) is 0 Å². The number of carbonyl (C=O) groups excluding carboxylic acids is 3. The van der Waals surface area contributed by atoms with Crippen LogP contribution in [0.15, 0.2) is 71.2 Å². The number of ether oxygens (including phenoxy) is 2. The van der Waals surface area contributed by atoms with Gasteiger partial charge in [0.1, 0.15) is 5.75 Å². The Hall–Kier alpha value is -3.39. The standard InChI is InChI=1S/C26H27BrN2O5/c27-26-21-12-5-4-11-20(21)15-16-22(26)34-18-24(31)29-28-23(30)13-6-14-25(32)33-17-7-10-19-8-2-1-3-9-19/h1-5,8-9,11-12,15-16H,6-7,10,13-14,17-18H2,(H,28,30)(H,29,31). The molecule has 3 aromatic rings. The van der Waals surface area contributed by atoms with Gasteiger partial charge < -0.3 is 9.47 Å². The number of esters is 1. The highest BCUT2D eigenvalue weighted by molar-refractivity contribution is 9.10. The minimum Gasteiger partial charge on any atom is -0.483 e. The zero-order valence-electron chi connectivity index (χ0n) is 18.7. The highest BCUT2D eigenvalue weighted by Gasteiger charge is 2.10. The molecule has 0 aliphatic carbocycles. The Kier molecular flexibility index (Phi) is 9.91. The monoisotopic (exact) mass is 526 g/mol. The maximum Gasteiger partial charge on any atom is 0.305 e. The van der Waals surface area contributed by atoms with Gasteiger partial charge >= 0.3 is 5.97 Å². The Bertz CT molecular complexity index is 1120. The van der Waals surface area contributed by atoms with E-state index in [1.54, 1.807) is 6.07 Å². The lowest BCUT2D eigenvalue weighted by atomic mass is 10.1. The molecule has 0 heterocycles. The molecule has 0 bridgehead atoms. The normalized spacial score (nSPS) is 10.5. The first-order valence-electron chi connectivity index (χ1n) is 11.1. The summed E-state index contributed by atoms with van der Waals surface area (Å²) in [7, 11) is 0. The van der Waals surface area contributed by atoms with E-state index in [1.165, 1.54) is 5.56 Å². The molecule has 0 aliphatic rings. The van der Waals surface area contributed by atoms with Gasteiger partial charge in [-0.3, -0.25) is 25.2 Å². The van der Waals surface area contributed by atoms with E-state index in [-0.39, 0.29) is 25.4 Å². The summed E-state index contributed by atoms with van der Waals surface area (Å²) in [4.78, 5) is 35.7. The van der Waals surface area contributed by atoms with Crippen molar-refractivity contribution in [1.29, 1.82) is 0 Å². The number of benzene rings is 3. The highest BCUT2D eigenvalue weighted by Crippen LogP contribution is 2.32. The van der Waals surface area contributed by atoms with Gasteiger partial charge in [0.15, 0.2) is 6.61 Å². The van der Waals surface area contributed by atoms with E-state index in [4.69, 9.17) is 9.47 Å². The zero-order valence-corrected chi connectivity index (χ0v) is 20.3. The van der Waals surface area contributed by atoms with Gasteiger partial charge in [0.25, 0.3) is 5.91 Å². The second-order valence-corrected chi connectivity index (χ2v) is 8.44. The van der Waals surface area contributed by atoms with Crippen molar-refractivity contribution in [3.8, 4) is 5.75 Å². The fraction of sp³-hybridized carbons (Fsp3) is 0.269. The van der Waals surface area contributed by atoms with Crippen LogP contribution in [0.1, 0.15) is 31.2 Å². The van der Waals surface area contributed by atoms with Gasteiger partial charge in [-0.25, -0.2) is 0 Å². The summed E-state index contributed by atoms with van der Waals surface area (Å²) in [6, 6.07) is 21.5. The van der Waals surface area contributed by atoms with Gasteiger partial charge in [-0.05, 0) is 57.6 Å². The average Bonchev–Trinajstić information content (AvgIpc) is 2.86. The topological polar surface area (TPSA) is 93.7 Å². The number of nitrogens with one attached hydrogen (secondary N) is 2. The molecule has 0 saturated heterocycles. The van der Waals surface area contributed by atoms with Crippen LogP contribution in [0.2, 0.25) is 0 Å². The molecule has 0 spiro atoms. The zero-order chi connectivity index (χ0) is 24.2. The number of rotatable bonds is 11. The van der Waals surface area contributed by atoms with Crippen molar-refractivity contribution in [3.05, 3.63) is 76.8 Å². The molecule has 0 saturated carbocycles. The van der Waals surface area contributed by atoms with Crippen molar-refractivity contribution >= 4 is 44.5 Å². The lowest BCUT2D eigenvalue weighted by Crippen LogP contribution is -2.43. The number of amides is 2. The van der Waals surface area contributed by atoms with Gasteiger partial charge in [0, 0.05) is 12.8 Å². The molecule has 8 heteroatoms. The van der Waals surface area contributed by atoms with Crippen molar-refractivity contribution in [2.45, 2.75) is 32.1 Å². The van der Waals surface area contributed by atoms with E-state index in [0.717, 1.165) is 28.1 Å². The van der Waals surface area contributed by atoms with E-state index in [1.807, 2.05) is 60.7 Å². The SMILES string of the molecule is O=C(CCCC(=O)OCCCc1ccccc1)NNC(=O)COc1ccc2ccccc2c1Br. The summed E-state index contributed by atoms with van der Waals surface area (Å²) in [6.07, 6.45) is 2.17. The van der Waals surface area contributed by atoms with Crippen LogP contribution in [0.5, 0.6) is 5.75 Å². The van der Waals surface area contributed by atoms with E-state index in [0.29, 0.717) is 18.8 Å². The first-order valence-corrected chi connectivity index (χ1v) is 11.9. The molecule has 3 aromatic carbocycles. The fourth-order valence-electron chi connectivity index (χ4n) is 3.28. The van der Waals surface area contributed by atoms with Crippen molar-refractivity contribution < 1.29 is 23.9 Å². The van der Waals surface area contributed by atoms with Crippen molar-refractivity contribution in [2.75, 3.05) is 13.2 Å². The molecule has 7 nitrogen and oxygen atoms in total. The van der Waals surface area contributed by atoms with E-state index < -0.39 is 11.8 Å². The van der Waals surface area contributed by atoms with Crippen LogP contribution in [-0.4, -0.2) is 31.0 Å². The smallest absolute Gasteiger partial charge is 0.305 e. The van der Waals surface area contributed by atoms with Gasteiger partial charge in [-0.2, -0.15) is 0 Å². The molecule has 0 atom stereocenters. The van der Waals surface area contributed by atoms with Gasteiger partial charge in [0.2, 0.25) is 5.91 Å². The third-order valence-electron chi connectivity index (χ3n) is 5.03. The number of halogens is 1. The predicted octanol–water partition coefficient (Wildman–Crippen LogP) is 4.47. The molecule has 0 aromatic heterocycles. The lowest BCUT2D eigenvalue weighted by molar-refractivity contribution is -0.144. The molecule has 2 amide bonds. The molecular weight excluding hydrogens is 500 g/mol. The predicted molar refractivity (Wildman–Crippen MR) is 133 cm³/mol. The Balaban J connectivity index is 1.26. The average molecular weight is 527 g/mol. The molecule has 2 N–H and O–H groups in total. The summed E-state index contributed by atoms with van der Waals surface area (Å²) in [6.45, 7) is 0.0931. The Morgan fingerprint density at radius 3 is 2.35 bits per heavy atom. The number of aryl methyl sites for hydroxylation is 1. The first kappa shape index (κ1) is 25.2. The van der Waals surface area contributed by atoms with E-state index in [9.17, 15) is 14.4 Å². The fourth-order valence-corrected chi connectivity index (χ4v) is 3.89. The van der Waals surface area contributed by atoms with Crippen LogP contribution in [-0.2, 0) is 25.5 Å². The third-order valence-corrected chi connectivity index (χ3v) is 5.85. The molecule has 0 unspecified atom stereocenters. The number of carbonyl (C=O) groups is 3. The molecule has 178 valence electrons. The molecule has 34 heavy (non-hydrogen) atoms. The van der Waals surface area contributed by atoms with Crippen LogP contribution >= 0.6 is 15.9 Å². The minimum atomic E-state index is -0.494. The summed E-state index contributed by atoms with van der Waals surface area (Å²) < 4.78 is 11.5. The first-order chi connectivity index (χ1) is 16.5. The van der Waals surface area contributed by atoms with Crippen LogP contribution in [0.25, 0.3) is 10.8 Å². The molecule has 0 aliphatic heterocycles. The summed E-state index contributed by atoms with van der Waals surface area (Å²) in [5, 5.41) is 2.03. The summed E-state index contributed by atoms with van der Waals surface area (Å²) in [5.41, 5.74) is 5.84. The van der Waals surface area contributed by atoms with E-state index >= 15 is 0 Å².